The number of ether oxygens (including phenoxy) is 2. The van der Waals surface area contributed by atoms with Crippen molar-refractivity contribution in [1.82, 2.24) is 0 Å². The predicted molar refractivity (Wildman–Crippen MR) is 72.1 cm³/mol. The molecule has 2 rings (SSSR count). The third kappa shape index (κ3) is 3.27. The van der Waals surface area contributed by atoms with Gasteiger partial charge in [0.15, 0.2) is 0 Å². The molecule has 0 unspecified atom stereocenters. The lowest BCUT2D eigenvalue weighted by molar-refractivity contribution is -0.122. The molecule has 1 heterocycles. The minimum Gasteiger partial charge on any atom is -0.497 e. The van der Waals surface area contributed by atoms with Crippen molar-refractivity contribution in [2.75, 3.05) is 25.6 Å². The van der Waals surface area contributed by atoms with Crippen molar-refractivity contribution in [2.24, 2.45) is 5.92 Å². The number of methoxy groups -OCH3 is 1. The summed E-state index contributed by atoms with van der Waals surface area (Å²) in [6, 6.07) is 4.55. The van der Waals surface area contributed by atoms with Crippen molar-refractivity contribution >= 4 is 17.6 Å². The molecule has 6 heteroatoms. The van der Waals surface area contributed by atoms with Crippen LogP contribution in [-0.2, 0) is 9.53 Å². The Morgan fingerprint density at radius 1 is 1.35 bits per heavy atom. The molecule has 1 aliphatic heterocycles. The average molecular weight is 279 g/mol. The number of amides is 1. The quantitative estimate of drug-likeness (QED) is 0.877. The molecule has 1 aromatic carbocycles. The number of aromatic carboxylic acids is 1. The first-order valence-electron chi connectivity index (χ1n) is 6.41. The molecule has 2 N–H and O–H groups in total. The highest BCUT2D eigenvalue weighted by molar-refractivity contribution is 6.01. The number of carboxylic acids is 1. The Bertz CT molecular complexity index is 508. The van der Waals surface area contributed by atoms with E-state index in [1.165, 1.54) is 13.2 Å². The lowest BCUT2D eigenvalue weighted by Gasteiger charge is -2.21. The van der Waals surface area contributed by atoms with Gasteiger partial charge in [-0.2, -0.15) is 0 Å². The normalized spacial score (nSPS) is 15.7. The highest BCUT2D eigenvalue weighted by Gasteiger charge is 2.23. The highest BCUT2D eigenvalue weighted by Crippen LogP contribution is 2.24. The molecule has 20 heavy (non-hydrogen) atoms. The van der Waals surface area contributed by atoms with E-state index in [2.05, 4.69) is 5.32 Å². The van der Waals surface area contributed by atoms with E-state index in [0.717, 1.165) is 0 Å². The summed E-state index contributed by atoms with van der Waals surface area (Å²) in [5.41, 5.74) is 0.305. The number of benzene rings is 1. The van der Waals surface area contributed by atoms with Crippen LogP contribution in [0.2, 0.25) is 0 Å². The maximum absolute atomic E-state index is 12.1. The zero-order valence-electron chi connectivity index (χ0n) is 11.2. The van der Waals surface area contributed by atoms with Crippen LogP contribution < -0.4 is 10.1 Å². The number of hydrogen-bond donors (Lipinski definition) is 2. The van der Waals surface area contributed by atoms with Crippen molar-refractivity contribution in [3.63, 3.8) is 0 Å². The molecule has 1 saturated heterocycles. The number of nitrogens with one attached hydrogen (secondary N) is 1. The molecule has 0 aromatic heterocycles. The zero-order valence-corrected chi connectivity index (χ0v) is 11.2. The average Bonchev–Trinajstić information content (AvgIpc) is 2.48. The molecule has 1 aliphatic rings. The molecule has 1 amide bonds. The van der Waals surface area contributed by atoms with Gasteiger partial charge >= 0.3 is 5.97 Å². The summed E-state index contributed by atoms with van der Waals surface area (Å²) < 4.78 is 10.2. The Balaban J connectivity index is 2.15. The van der Waals surface area contributed by atoms with Gasteiger partial charge in [-0.1, -0.05) is 0 Å². The van der Waals surface area contributed by atoms with E-state index in [0.29, 0.717) is 31.8 Å². The molecule has 6 nitrogen and oxygen atoms in total. The number of rotatable bonds is 4. The topological polar surface area (TPSA) is 84.9 Å². The molecule has 1 fully saturated rings. The summed E-state index contributed by atoms with van der Waals surface area (Å²) in [5, 5.41) is 11.9. The van der Waals surface area contributed by atoms with Crippen LogP contribution in [0.25, 0.3) is 0 Å². The molecule has 0 spiro atoms. The maximum Gasteiger partial charge on any atom is 0.337 e. The second-order valence-corrected chi connectivity index (χ2v) is 4.59. The Kier molecular flexibility index (Phi) is 4.57. The van der Waals surface area contributed by atoms with E-state index in [9.17, 15) is 14.7 Å². The third-order valence-corrected chi connectivity index (χ3v) is 3.31. The van der Waals surface area contributed by atoms with Gasteiger partial charge in [-0.3, -0.25) is 4.79 Å². The molecule has 0 bridgehead atoms. The first-order chi connectivity index (χ1) is 9.61. The van der Waals surface area contributed by atoms with Gasteiger partial charge in [-0.15, -0.1) is 0 Å². The Morgan fingerprint density at radius 3 is 2.65 bits per heavy atom. The number of hydrogen-bond acceptors (Lipinski definition) is 4. The standard InChI is InChI=1S/C14H17NO5/c1-19-10-2-3-12(11(8-10)14(17)18)15-13(16)9-4-6-20-7-5-9/h2-3,8-9H,4-7H2,1H3,(H,15,16)(H,17,18). The second kappa shape index (κ2) is 6.38. The molecule has 108 valence electrons. The third-order valence-electron chi connectivity index (χ3n) is 3.31. The first kappa shape index (κ1) is 14.3. The summed E-state index contributed by atoms with van der Waals surface area (Å²) in [6.07, 6.45) is 1.31. The molecular formula is C14H17NO5. The number of anilines is 1. The Hall–Kier alpha value is -2.08. The SMILES string of the molecule is COc1ccc(NC(=O)C2CCOCC2)c(C(=O)O)c1. The fourth-order valence-electron chi connectivity index (χ4n) is 2.13. The van der Waals surface area contributed by atoms with E-state index in [1.54, 1.807) is 12.1 Å². The largest absolute Gasteiger partial charge is 0.497 e. The molecular weight excluding hydrogens is 262 g/mol. The fourth-order valence-corrected chi connectivity index (χ4v) is 2.13. The lowest BCUT2D eigenvalue weighted by Crippen LogP contribution is -2.29. The molecule has 0 radical (unpaired) electrons. The van der Waals surface area contributed by atoms with E-state index < -0.39 is 5.97 Å². The smallest absolute Gasteiger partial charge is 0.337 e. The van der Waals surface area contributed by atoms with E-state index in [4.69, 9.17) is 9.47 Å². The van der Waals surface area contributed by atoms with Crippen LogP contribution >= 0.6 is 0 Å². The van der Waals surface area contributed by atoms with Gasteiger partial charge in [-0.05, 0) is 31.0 Å². The van der Waals surface area contributed by atoms with Crippen LogP contribution in [0.15, 0.2) is 18.2 Å². The summed E-state index contributed by atoms with van der Waals surface area (Å²) in [4.78, 5) is 23.3. The molecule has 0 saturated carbocycles. The van der Waals surface area contributed by atoms with E-state index in [-0.39, 0.29) is 23.1 Å². The van der Waals surface area contributed by atoms with Gasteiger partial charge in [0, 0.05) is 19.1 Å². The minimum atomic E-state index is -1.11. The first-order valence-corrected chi connectivity index (χ1v) is 6.41. The van der Waals surface area contributed by atoms with Crippen LogP contribution in [0, 0.1) is 5.92 Å². The number of carboxylic acid groups (broad SMARTS) is 1. The van der Waals surface area contributed by atoms with Crippen molar-refractivity contribution in [1.29, 1.82) is 0 Å². The van der Waals surface area contributed by atoms with Crippen molar-refractivity contribution in [2.45, 2.75) is 12.8 Å². The van der Waals surface area contributed by atoms with Gasteiger partial charge in [0.1, 0.15) is 5.75 Å². The van der Waals surface area contributed by atoms with Gasteiger partial charge in [0.25, 0.3) is 0 Å². The monoisotopic (exact) mass is 279 g/mol. The van der Waals surface area contributed by atoms with Gasteiger partial charge in [0.2, 0.25) is 5.91 Å². The van der Waals surface area contributed by atoms with Crippen molar-refractivity contribution < 1.29 is 24.2 Å². The van der Waals surface area contributed by atoms with Crippen LogP contribution in [0.4, 0.5) is 5.69 Å². The summed E-state index contributed by atoms with van der Waals surface area (Å²) in [7, 11) is 1.46. The number of carbonyl (C=O) groups is 2. The Morgan fingerprint density at radius 2 is 2.05 bits per heavy atom. The van der Waals surface area contributed by atoms with Gasteiger partial charge < -0.3 is 19.9 Å². The summed E-state index contributed by atoms with van der Waals surface area (Å²) >= 11 is 0. The van der Waals surface area contributed by atoms with E-state index in [1.807, 2.05) is 0 Å². The van der Waals surface area contributed by atoms with Crippen molar-refractivity contribution in [3.05, 3.63) is 23.8 Å². The highest BCUT2D eigenvalue weighted by atomic mass is 16.5. The van der Waals surface area contributed by atoms with Crippen LogP contribution in [0.5, 0.6) is 5.75 Å². The van der Waals surface area contributed by atoms with E-state index >= 15 is 0 Å². The zero-order chi connectivity index (χ0) is 14.5. The Labute approximate surface area is 116 Å². The van der Waals surface area contributed by atoms with Crippen LogP contribution in [0.3, 0.4) is 0 Å². The summed E-state index contributed by atoms with van der Waals surface area (Å²) in [6.45, 7) is 1.12. The molecule has 1 aromatic rings. The van der Waals surface area contributed by atoms with Crippen LogP contribution in [-0.4, -0.2) is 37.3 Å². The van der Waals surface area contributed by atoms with Crippen molar-refractivity contribution in [3.8, 4) is 5.75 Å². The minimum absolute atomic E-state index is 0.0183. The van der Waals surface area contributed by atoms with Crippen LogP contribution in [0.1, 0.15) is 23.2 Å². The molecule has 0 atom stereocenters. The fraction of sp³-hybridized carbons (Fsp3) is 0.429. The molecule has 0 aliphatic carbocycles. The summed E-state index contributed by atoms with van der Waals surface area (Å²) in [5.74, 6) is -0.967. The predicted octanol–water partition coefficient (Wildman–Crippen LogP) is 1.76. The number of carbonyl (C=O) groups excluding carboxylic acids is 1. The lowest BCUT2D eigenvalue weighted by atomic mass is 9.99. The van der Waals surface area contributed by atoms with Gasteiger partial charge in [0.05, 0.1) is 18.4 Å². The van der Waals surface area contributed by atoms with Gasteiger partial charge in [-0.25, -0.2) is 4.79 Å². The maximum atomic E-state index is 12.1. The second-order valence-electron chi connectivity index (χ2n) is 4.59.